The van der Waals surface area contributed by atoms with Crippen molar-refractivity contribution in [1.29, 1.82) is 0 Å². The third-order valence-electron chi connectivity index (χ3n) is 10.3. The minimum absolute atomic E-state index is 0. The van der Waals surface area contributed by atoms with E-state index in [1.165, 1.54) is 56.7 Å². The van der Waals surface area contributed by atoms with Gasteiger partial charge in [0.25, 0.3) is 0 Å². The number of carbonyl (C=O) groups excluding carboxylic acids is 2. The smallest absolute Gasteiger partial charge is 0.164 e. The van der Waals surface area contributed by atoms with E-state index in [-0.39, 0.29) is 76.0 Å². The number of aliphatic hydroxyl groups excluding tert-OH is 2. The van der Waals surface area contributed by atoms with Crippen molar-refractivity contribution in [3.8, 4) is 44.8 Å². The number of aromatic nitrogens is 2. The molecule has 2 aromatic heterocycles. The molecule has 0 unspecified atom stereocenters. The van der Waals surface area contributed by atoms with Gasteiger partial charge >= 0.3 is 0 Å². The second-order valence-electron chi connectivity index (χ2n) is 20.6. The monoisotopic (exact) mass is 1220 g/mol. The van der Waals surface area contributed by atoms with Gasteiger partial charge < -0.3 is 20.2 Å². The van der Waals surface area contributed by atoms with Gasteiger partial charge in [0, 0.05) is 88.3 Å². The van der Waals surface area contributed by atoms with Crippen LogP contribution in [0.3, 0.4) is 0 Å². The van der Waals surface area contributed by atoms with Crippen LogP contribution in [0.5, 0.6) is 0 Å². The van der Waals surface area contributed by atoms with Gasteiger partial charge in [-0.1, -0.05) is 154 Å². The number of aliphatic hydroxyl groups is 2. The molecule has 0 radical (unpaired) electrons. The van der Waals surface area contributed by atoms with Crippen LogP contribution < -0.4 is 0 Å². The molecule has 0 amide bonds. The maximum absolute atomic E-state index is 11.5. The molecule has 0 aliphatic carbocycles. The predicted molar refractivity (Wildman–Crippen MR) is 259 cm³/mol. The Morgan fingerprint density at radius 2 is 0.766 bits per heavy atom. The number of allylic oxidation sites excluding steroid dienone is 4. The molecular weight excluding hydrogens is 1150 g/mol. The molecule has 350 valence electrons. The zero-order chi connectivity index (χ0) is 47.1. The summed E-state index contributed by atoms with van der Waals surface area (Å²) in [4.78, 5) is 32.4. The third-order valence-corrected chi connectivity index (χ3v) is 10.3. The molecule has 6 nitrogen and oxygen atoms in total. The molecule has 0 aliphatic rings. The molecule has 5 rings (SSSR count). The SMILES string of the molecule is CC(C)(C)C(=O)/C=C(\O)C(C)(C)C.CC(C)(C)C(=O)/C=C(\O)C(C)(C)C.Cc1cc(C)c(-c2ccc(-c3[c-]cc(-c4ccc(-c5c(C)cc(C)cc5C)cn4)[c-]c3)nc2)c(C)c1.[Pt].[Pt]. The van der Waals surface area contributed by atoms with Crippen LogP contribution >= 0.6 is 0 Å². The number of rotatable bonds is 6. The van der Waals surface area contributed by atoms with E-state index in [1.54, 1.807) is 0 Å². The standard InChI is InChI=1S/C34H30N2.2C11H20O2.2Pt/c1-21-15-23(3)33(24(4)16-21)29-11-13-31(35-19-29)27-7-9-28(10-8-27)32-14-12-30(20-36-32)34-25(5)17-22(2)18-26(34)6;2*1-10(2,3)8(12)7-9(13)11(4,5)6;;/h7,10-20H,1-6H3;2*7,12H,1-6H3;;/q-2;;;;/b;2*8-7-;;. The van der Waals surface area contributed by atoms with Crippen LogP contribution in [0.1, 0.15) is 116 Å². The van der Waals surface area contributed by atoms with Crippen LogP contribution in [0.4, 0.5) is 0 Å². The number of carbonyl (C=O) groups is 2. The van der Waals surface area contributed by atoms with Crippen LogP contribution in [-0.2, 0) is 51.7 Å². The summed E-state index contributed by atoms with van der Waals surface area (Å²) in [7, 11) is 0. The van der Waals surface area contributed by atoms with Crippen molar-refractivity contribution >= 4 is 11.6 Å². The fourth-order valence-electron chi connectivity index (χ4n) is 6.47. The van der Waals surface area contributed by atoms with E-state index in [4.69, 9.17) is 9.97 Å². The zero-order valence-corrected chi connectivity index (χ0v) is 45.9. The summed E-state index contributed by atoms with van der Waals surface area (Å²) in [5, 5.41) is 19.1. The Morgan fingerprint density at radius 3 is 0.969 bits per heavy atom. The van der Waals surface area contributed by atoms with Gasteiger partial charge in [-0.15, -0.1) is 0 Å². The number of hydrogen-bond donors (Lipinski definition) is 2. The van der Waals surface area contributed by atoms with Gasteiger partial charge in [0.05, 0.1) is 0 Å². The average molecular weight is 1230 g/mol. The maximum atomic E-state index is 11.5. The second kappa shape index (κ2) is 23.3. The van der Waals surface area contributed by atoms with Crippen LogP contribution in [0.25, 0.3) is 44.8 Å². The Morgan fingerprint density at radius 1 is 0.484 bits per heavy atom. The predicted octanol–water partition coefficient (Wildman–Crippen LogP) is 14.8. The summed E-state index contributed by atoms with van der Waals surface area (Å²) in [6, 6.07) is 28.0. The van der Waals surface area contributed by atoms with E-state index in [9.17, 15) is 19.8 Å². The van der Waals surface area contributed by atoms with Crippen molar-refractivity contribution in [1.82, 2.24) is 9.97 Å². The number of benzene rings is 3. The number of aryl methyl sites for hydroxylation is 6. The topological polar surface area (TPSA) is 100 Å². The molecule has 0 bridgehead atoms. The molecule has 0 aliphatic heterocycles. The molecule has 2 N–H and O–H groups in total. The van der Waals surface area contributed by atoms with E-state index in [0.717, 1.165) is 33.6 Å². The largest absolute Gasteiger partial charge is 0.512 e. The van der Waals surface area contributed by atoms with Crippen molar-refractivity contribution in [2.45, 2.75) is 125 Å². The number of pyridine rings is 2. The molecule has 8 heteroatoms. The number of ketones is 2. The molecule has 5 aromatic rings. The van der Waals surface area contributed by atoms with Crippen LogP contribution in [0.15, 0.2) is 96.7 Å². The van der Waals surface area contributed by atoms with Gasteiger partial charge in [0.15, 0.2) is 11.6 Å². The molecule has 0 atom stereocenters. The van der Waals surface area contributed by atoms with Gasteiger partial charge in [-0.3, -0.25) is 9.59 Å². The third kappa shape index (κ3) is 16.6. The summed E-state index contributed by atoms with van der Waals surface area (Å²) < 4.78 is 0. The fraction of sp³-hybridized carbons (Fsp3) is 0.393. The molecule has 64 heavy (non-hydrogen) atoms. The molecule has 0 spiro atoms. The summed E-state index contributed by atoms with van der Waals surface area (Å²) in [6.45, 7) is 35.1. The molecule has 0 fully saturated rings. The van der Waals surface area contributed by atoms with Gasteiger partial charge in [0.1, 0.15) is 11.5 Å². The number of hydrogen-bond acceptors (Lipinski definition) is 6. The minimum Gasteiger partial charge on any atom is -0.512 e. The minimum atomic E-state index is -0.417. The van der Waals surface area contributed by atoms with E-state index in [1.807, 2.05) is 108 Å². The van der Waals surface area contributed by atoms with Gasteiger partial charge in [-0.25, -0.2) is 35.4 Å². The first-order valence-electron chi connectivity index (χ1n) is 21.3. The van der Waals surface area contributed by atoms with Gasteiger partial charge in [-0.2, -0.15) is 0 Å². The fourth-order valence-corrected chi connectivity index (χ4v) is 6.47. The van der Waals surface area contributed by atoms with Gasteiger partial charge in [-0.05, 0) is 86.1 Å². The summed E-state index contributed by atoms with van der Waals surface area (Å²) in [5.74, 6) is 0.208. The Labute approximate surface area is 414 Å². The van der Waals surface area contributed by atoms with E-state index < -0.39 is 10.8 Å². The van der Waals surface area contributed by atoms with Crippen LogP contribution in [0.2, 0.25) is 0 Å². The van der Waals surface area contributed by atoms with Crippen molar-refractivity contribution < 1.29 is 61.9 Å². The van der Waals surface area contributed by atoms with E-state index in [2.05, 4.69) is 102 Å². The Balaban J connectivity index is 0.000000608. The maximum Gasteiger partial charge on any atom is 0.164 e. The first kappa shape index (κ1) is 57.8. The quantitative estimate of drug-likeness (QED) is 0.0998. The van der Waals surface area contributed by atoms with Crippen LogP contribution in [-0.4, -0.2) is 31.7 Å². The second-order valence-corrected chi connectivity index (χ2v) is 20.6. The molecule has 2 heterocycles. The summed E-state index contributed by atoms with van der Waals surface area (Å²) >= 11 is 0. The Hall–Kier alpha value is -4.24. The van der Waals surface area contributed by atoms with Crippen LogP contribution in [0, 0.1) is 75.3 Å². The molecule has 0 saturated carbocycles. The van der Waals surface area contributed by atoms with Gasteiger partial charge in [0.2, 0.25) is 0 Å². The molecule has 3 aromatic carbocycles. The van der Waals surface area contributed by atoms with Crippen molar-refractivity contribution in [3.05, 3.63) is 142 Å². The van der Waals surface area contributed by atoms with Crippen molar-refractivity contribution in [2.24, 2.45) is 21.7 Å². The normalized spacial score (nSPS) is 12.1. The Kier molecular flexibility index (Phi) is 21.0. The van der Waals surface area contributed by atoms with Crippen molar-refractivity contribution in [3.63, 3.8) is 0 Å². The number of nitrogens with zero attached hydrogens (tertiary/aromatic N) is 2. The first-order chi connectivity index (χ1) is 28.4. The average Bonchev–Trinajstić information content (AvgIpc) is 3.14. The Bertz CT molecular complexity index is 2200. The van der Waals surface area contributed by atoms with E-state index >= 15 is 0 Å². The summed E-state index contributed by atoms with van der Waals surface area (Å²) in [5.41, 5.74) is 14.6. The molecular formula is C56H70N2O4Pt2-2. The zero-order valence-electron chi connectivity index (χ0n) is 41.3. The van der Waals surface area contributed by atoms with Crippen molar-refractivity contribution in [2.75, 3.05) is 0 Å². The van der Waals surface area contributed by atoms with E-state index in [0.29, 0.717) is 0 Å². The first-order valence-corrected chi connectivity index (χ1v) is 21.3. The summed E-state index contributed by atoms with van der Waals surface area (Å²) in [6.07, 6.45) is 6.58. The molecule has 0 saturated heterocycles.